The molecule has 1 aromatic rings. The molecule has 1 aliphatic carbocycles. The predicted molar refractivity (Wildman–Crippen MR) is 76.0 cm³/mol. The Morgan fingerprint density at radius 2 is 1.41 bits per heavy atom. The first kappa shape index (κ1) is 12.5. The van der Waals surface area contributed by atoms with Gasteiger partial charge in [-0.15, -0.1) is 0 Å². The molecular formula is C16H25N. The number of benzene rings is 1. The SMILES string of the molecule is CNc1cc2c(cc1C)C(C)(C)CCC2(C)C. The lowest BCUT2D eigenvalue weighted by Gasteiger charge is -2.42. The van der Waals surface area contributed by atoms with Crippen molar-refractivity contribution in [2.45, 2.75) is 58.3 Å². The molecule has 1 heteroatoms. The van der Waals surface area contributed by atoms with Crippen LogP contribution in [0.5, 0.6) is 0 Å². The zero-order valence-corrected chi connectivity index (χ0v) is 12.1. The molecule has 94 valence electrons. The second kappa shape index (κ2) is 3.76. The molecule has 0 amide bonds. The fourth-order valence-corrected chi connectivity index (χ4v) is 2.99. The molecule has 1 aliphatic rings. The summed E-state index contributed by atoms with van der Waals surface area (Å²) in [5.74, 6) is 0. The first-order chi connectivity index (χ1) is 7.78. The molecule has 0 radical (unpaired) electrons. The molecule has 0 aromatic heterocycles. The van der Waals surface area contributed by atoms with Gasteiger partial charge >= 0.3 is 0 Å². The molecule has 0 aliphatic heterocycles. The van der Waals surface area contributed by atoms with E-state index >= 15 is 0 Å². The molecule has 2 rings (SSSR count). The van der Waals surface area contributed by atoms with Crippen molar-refractivity contribution < 1.29 is 0 Å². The van der Waals surface area contributed by atoms with Gasteiger partial charge in [-0.1, -0.05) is 33.8 Å². The van der Waals surface area contributed by atoms with Crippen molar-refractivity contribution in [3.8, 4) is 0 Å². The highest BCUT2D eigenvalue weighted by Gasteiger charge is 2.37. The van der Waals surface area contributed by atoms with Crippen LogP contribution in [0, 0.1) is 6.92 Å². The maximum atomic E-state index is 3.31. The number of aryl methyl sites for hydroxylation is 1. The number of fused-ring (bicyclic) bond motifs is 1. The van der Waals surface area contributed by atoms with Gasteiger partial charge < -0.3 is 5.32 Å². The van der Waals surface area contributed by atoms with Gasteiger partial charge in [-0.3, -0.25) is 0 Å². The van der Waals surface area contributed by atoms with Crippen molar-refractivity contribution in [2.75, 3.05) is 12.4 Å². The van der Waals surface area contributed by atoms with Crippen LogP contribution in [-0.4, -0.2) is 7.05 Å². The summed E-state index contributed by atoms with van der Waals surface area (Å²) in [5.41, 5.74) is 6.34. The second-order valence-corrected chi connectivity index (χ2v) is 6.73. The molecular weight excluding hydrogens is 206 g/mol. The average molecular weight is 231 g/mol. The van der Waals surface area contributed by atoms with E-state index in [9.17, 15) is 0 Å². The molecule has 0 atom stereocenters. The van der Waals surface area contributed by atoms with Gasteiger partial charge in [0, 0.05) is 12.7 Å². The summed E-state index contributed by atoms with van der Waals surface area (Å²) in [6, 6.07) is 4.76. The number of rotatable bonds is 1. The number of hydrogen-bond acceptors (Lipinski definition) is 1. The van der Waals surface area contributed by atoms with Gasteiger partial charge in [-0.05, 0) is 53.4 Å². The number of anilines is 1. The molecule has 1 aromatic carbocycles. The first-order valence-electron chi connectivity index (χ1n) is 6.61. The minimum Gasteiger partial charge on any atom is -0.388 e. The number of nitrogens with one attached hydrogen (secondary N) is 1. The Kier molecular flexibility index (Phi) is 2.76. The van der Waals surface area contributed by atoms with Crippen LogP contribution in [0.1, 0.15) is 57.2 Å². The van der Waals surface area contributed by atoms with E-state index in [0.717, 1.165) is 0 Å². The molecule has 0 heterocycles. The Morgan fingerprint density at radius 3 is 1.88 bits per heavy atom. The first-order valence-corrected chi connectivity index (χ1v) is 6.61. The standard InChI is InChI=1S/C16H25N/c1-11-9-12-13(10-14(11)17-6)16(4,5)8-7-15(12,2)3/h9-10,17H,7-8H2,1-6H3. The third-order valence-corrected chi connectivity index (χ3v) is 4.47. The van der Waals surface area contributed by atoms with Crippen LogP contribution < -0.4 is 5.32 Å². The Hall–Kier alpha value is -0.980. The Labute approximate surface area is 106 Å². The normalized spacial score (nSPS) is 20.8. The maximum absolute atomic E-state index is 3.31. The highest BCUT2D eigenvalue weighted by atomic mass is 14.8. The van der Waals surface area contributed by atoms with Gasteiger partial charge in [-0.2, -0.15) is 0 Å². The van der Waals surface area contributed by atoms with E-state index < -0.39 is 0 Å². The highest BCUT2D eigenvalue weighted by Crippen LogP contribution is 2.47. The molecule has 1 nitrogen and oxygen atoms in total. The topological polar surface area (TPSA) is 12.0 Å². The number of hydrogen-bond donors (Lipinski definition) is 1. The Bertz CT molecular complexity index is 441. The minimum atomic E-state index is 0.310. The van der Waals surface area contributed by atoms with Gasteiger partial charge in [-0.25, -0.2) is 0 Å². The smallest absolute Gasteiger partial charge is 0.0370 e. The molecule has 0 saturated carbocycles. The van der Waals surface area contributed by atoms with Gasteiger partial charge in [0.05, 0.1) is 0 Å². The summed E-state index contributed by atoms with van der Waals surface area (Å²) >= 11 is 0. The van der Waals surface area contributed by atoms with Gasteiger partial charge in [0.1, 0.15) is 0 Å². The van der Waals surface area contributed by atoms with Crippen molar-refractivity contribution in [1.82, 2.24) is 0 Å². The van der Waals surface area contributed by atoms with Gasteiger partial charge in [0.2, 0.25) is 0 Å². The van der Waals surface area contributed by atoms with Crippen LogP contribution in [0.3, 0.4) is 0 Å². The fraction of sp³-hybridized carbons (Fsp3) is 0.625. The van der Waals surface area contributed by atoms with E-state index in [-0.39, 0.29) is 0 Å². The van der Waals surface area contributed by atoms with Crippen LogP contribution in [0.25, 0.3) is 0 Å². The van der Waals surface area contributed by atoms with E-state index in [1.54, 1.807) is 5.56 Å². The molecule has 0 saturated heterocycles. The monoisotopic (exact) mass is 231 g/mol. The lowest BCUT2D eigenvalue weighted by molar-refractivity contribution is 0.332. The van der Waals surface area contributed by atoms with E-state index in [1.165, 1.54) is 29.7 Å². The zero-order valence-electron chi connectivity index (χ0n) is 12.1. The minimum absolute atomic E-state index is 0.310. The Balaban J connectivity index is 2.68. The lowest BCUT2D eigenvalue weighted by Crippen LogP contribution is -2.34. The van der Waals surface area contributed by atoms with Crippen LogP contribution in [0.4, 0.5) is 5.69 Å². The highest BCUT2D eigenvalue weighted by molar-refractivity contribution is 5.58. The summed E-state index contributed by atoms with van der Waals surface area (Å²) in [6.45, 7) is 11.7. The third kappa shape index (κ3) is 1.96. The van der Waals surface area contributed by atoms with Gasteiger partial charge in [0.15, 0.2) is 0 Å². The largest absolute Gasteiger partial charge is 0.388 e. The van der Waals surface area contributed by atoms with Crippen LogP contribution in [-0.2, 0) is 10.8 Å². The summed E-state index contributed by atoms with van der Waals surface area (Å²) in [5, 5.41) is 3.31. The molecule has 17 heavy (non-hydrogen) atoms. The molecule has 0 spiro atoms. The van der Waals surface area contributed by atoms with Crippen LogP contribution >= 0.6 is 0 Å². The van der Waals surface area contributed by atoms with Crippen LogP contribution in [0.15, 0.2) is 12.1 Å². The van der Waals surface area contributed by atoms with E-state index in [1.807, 2.05) is 7.05 Å². The van der Waals surface area contributed by atoms with E-state index in [4.69, 9.17) is 0 Å². The fourth-order valence-electron chi connectivity index (χ4n) is 2.99. The molecule has 0 bridgehead atoms. The predicted octanol–water partition coefficient (Wildman–Crippen LogP) is 4.39. The quantitative estimate of drug-likeness (QED) is 0.756. The van der Waals surface area contributed by atoms with Crippen molar-refractivity contribution >= 4 is 5.69 Å². The van der Waals surface area contributed by atoms with Gasteiger partial charge in [0.25, 0.3) is 0 Å². The second-order valence-electron chi connectivity index (χ2n) is 6.73. The van der Waals surface area contributed by atoms with Crippen molar-refractivity contribution in [3.63, 3.8) is 0 Å². The Morgan fingerprint density at radius 1 is 0.941 bits per heavy atom. The molecule has 0 unspecified atom stereocenters. The zero-order chi connectivity index (χ0) is 12.8. The summed E-state index contributed by atoms with van der Waals surface area (Å²) in [4.78, 5) is 0. The van der Waals surface area contributed by atoms with Crippen molar-refractivity contribution in [2.24, 2.45) is 0 Å². The molecule has 1 N–H and O–H groups in total. The van der Waals surface area contributed by atoms with E-state index in [2.05, 4.69) is 52.1 Å². The van der Waals surface area contributed by atoms with Crippen molar-refractivity contribution in [1.29, 1.82) is 0 Å². The maximum Gasteiger partial charge on any atom is 0.0370 e. The van der Waals surface area contributed by atoms with Crippen molar-refractivity contribution in [3.05, 3.63) is 28.8 Å². The molecule has 0 fully saturated rings. The summed E-state index contributed by atoms with van der Waals surface area (Å²) < 4.78 is 0. The average Bonchev–Trinajstić information content (AvgIpc) is 2.24. The third-order valence-electron chi connectivity index (χ3n) is 4.47. The summed E-state index contributed by atoms with van der Waals surface area (Å²) in [7, 11) is 2.01. The van der Waals surface area contributed by atoms with E-state index in [0.29, 0.717) is 10.8 Å². The lowest BCUT2D eigenvalue weighted by atomic mass is 9.63. The summed E-state index contributed by atoms with van der Waals surface area (Å²) in [6.07, 6.45) is 2.56. The van der Waals surface area contributed by atoms with Crippen LogP contribution in [0.2, 0.25) is 0 Å².